The summed E-state index contributed by atoms with van der Waals surface area (Å²) >= 11 is 0. The average molecular weight is 864 g/mol. The Kier molecular flexibility index (Phi) is 11.4. The van der Waals surface area contributed by atoms with Crippen LogP contribution in [0.15, 0.2) is 23.5 Å². The fraction of sp³-hybridized carbons (Fsp3) is 0.512. The lowest BCUT2D eigenvalue weighted by atomic mass is 9.85. The molecule has 0 bridgehead atoms. The molecular weight excluding hydrogens is 815 g/mol. The number of aromatic nitrogens is 8. The number of anilines is 4. The van der Waals surface area contributed by atoms with Crippen LogP contribution in [0.3, 0.4) is 0 Å². The van der Waals surface area contributed by atoms with Gasteiger partial charge in [-0.15, -0.1) is 0 Å². The van der Waals surface area contributed by atoms with E-state index < -0.39 is 11.9 Å². The van der Waals surface area contributed by atoms with Crippen LogP contribution in [0.25, 0.3) is 23.4 Å². The minimum absolute atomic E-state index is 0.0341. The Hall–Kier alpha value is -7.00. The smallest absolute Gasteiger partial charge is 0.306 e. The van der Waals surface area contributed by atoms with Crippen LogP contribution in [0.1, 0.15) is 101 Å². The van der Waals surface area contributed by atoms with Gasteiger partial charge in [0.2, 0.25) is 41.5 Å². The largest absolute Gasteiger partial charge is 0.481 e. The summed E-state index contributed by atoms with van der Waals surface area (Å²) in [7, 11) is 1.67. The van der Waals surface area contributed by atoms with Gasteiger partial charge in [-0.25, -0.2) is 0 Å². The number of amides is 5. The van der Waals surface area contributed by atoms with Gasteiger partial charge in [0.15, 0.2) is 11.3 Å². The first-order valence-electron chi connectivity index (χ1n) is 21.6. The zero-order chi connectivity index (χ0) is 43.8. The molecule has 4 aromatic heterocycles. The fourth-order valence-electron chi connectivity index (χ4n) is 8.30. The van der Waals surface area contributed by atoms with Crippen molar-refractivity contribution in [3.8, 4) is 0 Å². The van der Waals surface area contributed by atoms with Gasteiger partial charge in [0.1, 0.15) is 0 Å². The lowest BCUT2D eigenvalue weighted by Crippen LogP contribution is -2.34. The second kappa shape index (κ2) is 17.4. The van der Waals surface area contributed by atoms with Gasteiger partial charge >= 0.3 is 5.97 Å². The molecule has 0 atom stereocenters. The van der Waals surface area contributed by atoms with Gasteiger partial charge in [-0.2, -0.15) is 39.2 Å². The third-order valence-electron chi connectivity index (χ3n) is 12.1. The molecule has 22 heteroatoms. The quantitative estimate of drug-likeness (QED) is 0.0747. The number of carboxylic acids is 1. The molecule has 0 spiro atoms. The Labute approximate surface area is 359 Å². The monoisotopic (exact) mass is 863 g/mol. The lowest BCUT2D eigenvalue weighted by Gasteiger charge is -2.28. The SMILES string of the molecule is CNC(=O)C1CCC(Nc2nc(NC3CC3)n3ncc(/C=C4\CC(=O)NC4=O)c3n2)CC1.O=C1C/C(=C\c2cnn3c(NC4CC4)nc(NC4CCC(C(=O)O)CC4)nc23)C(=O)N1. The number of aliphatic carboxylic acids is 1. The molecular formula is C41H49N15O7. The zero-order valence-electron chi connectivity index (χ0n) is 34.6. The van der Waals surface area contributed by atoms with E-state index in [0.717, 1.165) is 64.2 Å². The molecule has 4 aromatic rings. The summed E-state index contributed by atoms with van der Waals surface area (Å²) in [5.41, 5.74) is 3.12. The Morgan fingerprint density at radius 1 is 0.603 bits per heavy atom. The molecule has 0 unspecified atom stereocenters. The van der Waals surface area contributed by atoms with Crippen molar-refractivity contribution in [2.75, 3.05) is 28.3 Å². The maximum atomic E-state index is 12.0. The van der Waals surface area contributed by atoms with Gasteiger partial charge in [-0.1, -0.05) is 0 Å². The van der Waals surface area contributed by atoms with Gasteiger partial charge < -0.3 is 31.7 Å². The van der Waals surface area contributed by atoms with E-state index in [1.54, 1.807) is 40.6 Å². The maximum Gasteiger partial charge on any atom is 0.306 e. The zero-order valence-corrected chi connectivity index (χ0v) is 34.6. The van der Waals surface area contributed by atoms with Gasteiger partial charge in [-0.3, -0.25) is 39.4 Å². The van der Waals surface area contributed by atoms with Gasteiger partial charge in [0.25, 0.3) is 11.8 Å². The first-order chi connectivity index (χ1) is 30.5. The third kappa shape index (κ3) is 9.58. The summed E-state index contributed by atoms with van der Waals surface area (Å²) in [6, 6.07) is 0.985. The molecule has 2 saturated heterocycles. The molecule has 4 aliphatic carbocycles. The minimum Gasteiger partial charge on any atom is -0.481 e. The van der Waals surface area contributed by atoms with Crippen LogP contribution >= 0.6 is 0 Å². The van der Waals surface area contributed by atoms with Crippen molar-refractivity contribution in [3.63, 3.8) is 0 Å². The number of nitrogens with zero attached hydrogens (tertiary/aromatic N) is 8. The van der Waals surface area contributed by atoms with Crippen molar-refractivity contribution >= 4 is 82.7 Å². The highest BCUT2D eigenvalue weighted by molar-refractivity contribution is 6.16. The van der Waals surface area contributed by atoms with Crippen LogP contribution < -0.4 is 37.2 Å². The summed E-state index contributed by atoms with van der Waals surface area (Å²) in [5, 5.41) is 38.8. The maximum absolute atomic E-state index is 12.0. The molecule has 6 aliphatic rings. The van der Waals surface area contributed by atoms with Crippen molar-refractivity contribution < 1.29 is 33.9 Å². The molecule has 8 N–H and O–H groups in total. The molecule has 6 fully saturated rings. The number of nitrogens with one attached hydrogen (secondary N) is 7. The molecule has 0 aromatic carbocycles. The Balaban J connectivity index is 0.000000160. The van der Waals surface area contributed by atoms with E-state index in [9.17, 15) is 33.9 Å². The number of hydrogen-bond acceptors (Lipinski definition) is 16. The number of imide groups is 2. The molecule has 5 amide bonds. The van der Waals surface area contributed by atoms with Crippen LogP contribution in [0, 0.1) is 11.8 Å². The van der Waals surface area contributed by atoms with Crippen molar-refractivity contribution in [1.29, 1.82) is 0 Å². The minimum atomic E-state index is -0.738. The Morgan fingerprint density at radius 3 is 1.37 bits per heavy atom. The van der Waals surface area contributed by atoms with Crippen LogP contribution in [0.4, 0.5) is 23.8 Å². The van der Waals surface area contributed by atoms with Gasteiger partial charge in [-0.05, 0) is 89.2 Å². The second-order valence-corrected chi connectivity index (χ2v) is 17.0. The molecule has 6 heterocycles. The van der Waals surface area contributed by atoms with Gasteiger partial charge in [0, 0.05) is 59.4 Å². The summed E-state index contributed by atoms with van der Waals surface area (Å²) in [6.07, 6.45) is 17.0. The number of rotatable bonds is 12. The Morgan fingerprint density at radius 2 is 1.00 bits per heavy atom. The van der Waals surface area contributed by atoms with Crippen molar-refractivity contribution in [3.05, 3.63) is 34.7 Å². The second-order valence-electron chi connectivity index (χ2n) is 17.0. The predicted molar refractivity (Wildman–Crippen MR) is 227 cm³/mol. The summed E-state index contributed by atoms with van der Waals surface area (Å²) < 4.78 is 3.24. The standard InChI is InChI=1S/C21H26N8O3.C20H23N7O4/c1-22-18(31)11-2-4-14(5-3-11)24-20-27-17-13(8-12-9-16(30)26-19(12)32)10-23-29(17)21(28-20)25-15-6-7-15;28-15-8-11(17(29)24-15)7-12-9-21-27-16(12)25-19(26-20(27)23-14-5-6-14)22-13-3-1-10(2-4-13)18(30)31/h8,10-11,14-15H,2-7,9H2,1H3,(H,22,31)(H,26,30,32)(H2,24,25,27,28);7,9-10,13-14H,1-6,8H2,(H,30,31)(H,24,28,29)(H2,22,23,25,26)/b12-8+;11-7+. The van der Waals surface area contributed by atoms with Gasteiger partial charge in [0.05, 0.1) is 31.2 Å². The Bertz CT molecular complexity index is 2560. The molecule has 0 radical (unpaired) electrons. The van der Waals surface area contributed by atoms with Crippen LogP contribution in [-0.4, -0.2) is 111 Å². The van der Waals surface area contributed by atoms with E-state index in [1.165, 1.54) is 0 Å². The first kappa shape index (κ1) is 41.4. The van der Waals surface area contributed by atoms with Crippen molar-refractivity contribution in [2.24, 2.45) is 11.8 Å². The van der Waals surface area contributed by atoms with Crippen LogP contribution in [0.2, 0.25) is 0 Å². The number of carbonyl (C=O) groups is 6. The predicted octanol–water partition coefficient (Wildman–Crippen LogP) is 2.03. The normalized spacial score (nSPS) is 24.8. The summed E-state index contributed by atoms with van der Waals surface area (Å²) in [6.45, 7) is 0. The van der Waals surface area contributed by atoms with Crippen LogP contribution in [0.5, 0.6) is 0 Å². The van der Waals surface area contributed by atoms with Crippen molar-refractivity contribution in [1.82, 2.24) is 55.1 Å². The number of fused-ring (bicyclic) bond motifs is 2. The molecule has 4 saturated carbocycles. The van der Waals surface area contributed by atoms with E-state index in [1.807, 2.05) is 0 Å². The molecule has 10 rings (SSSR count). The highest BCUT2D eigenvalue weighted by Gasteiger charge is 2.31. The highest BCUT2D eigenvalue weighted by Crippen LogP contribution is 2.31. The number of carboxylic acid groups (broad SMARTS) is 1. The number of carbonyl (C=O) groups excluding carboxylic acids is 5. The molecule has 330 valence electrons. The fourth-order valence-corrected chi connectivity index (χ4v) is 8.30. The lowest BCUT2D eigenvalue weighted by molar-refractivity contribution is -0.143. The van der Waals surface area contributed by atoms with Crippen LogP contribution in [-0.2, 0) is 28.8 Å². The van der Waals surface area contributed by atoms with E-state index >= 15 is 0 Å². The first-order valence-corrected chi connectivity index (χ1v) is 21.6. The topological polar surface area (TPSA) is 293 Å². The molecule has 22 nitrogen and oxygen atoms in total. The summed E-state index contributed by atoms with van der Waals surface area (Å²) in [4.78, 5) is 88.6. The third-order valence-corrected chi connectivity index (χ3v) is 12.1. The highest BCUT2D eigenvalue weighted by atomic mass is 16.4. The number of hydrogen-bond donors (Lipinski definition) is 8. The van der Waals surface area contributed by atoms with E-state index in [4.69, 9.17) is 0 Å². The van der Waals surface area contributed by atoms with E-state index in [0.29, 0.717) is 82.3 Å². The van der Waals surface area contributed by atoms with E-state index in [-0.39, 0.29) is 60.4 Å². The molecule has 63 heavy (non-hydrogen) atoms. The van der Waals surface area contributed by atoms with E-state index in [2.05, 4.69) is 67.4 Å². The average Bonchev–Trinajstić information content (AvgIpc) is 4.12. The summed E-state index contributed by atoms with van der Waals surface area (Å²) in [5.74, 6) is -0.213. The molecule has 2 aliphatic heterocycles. The van der Waals surface area contributed by atoms with Crippen molar-refractivity contribution in [2.45, 2.75) is 114 Å².